The van der Waals surface area contributed by atoms with Crippen LogP contribution >= 0.6 is 11.3 Å². The molecule has 1 amide bonds. The third kappa shape index (κ3) is 6.25. The molecule has 1 aromatic heterocycles. The summed E-state index contributed by atoms with van der Waals surface area (Å²) in [6, 6.07) is 8.05. The number of para-hydroxylation sites is 1. The van der Waals surface area contributed by atoms with Gasteiger partial charge in [0.25, 0.3) is 5.91 Å². The minimum Gasteiger partial charge on any atom is -0.456 e. The SMILES string of the molecule is COCCNC(=O)COC(=O)CCCCc1nc2ccccc2s1. The number of methoxy groups -OCH3 is 1. The molecule has 24 heavy (non-hydrogen) atoms. The molecule has 0 radical (unpaired) electrons. The first-order valence-electron chi connectivity index (χ1n) is 7.94. The minimum atomic E-state index is -0.346. The van der Waals surface area contributed by atoms with Gasteiger partial charge in [-0.2, -0.15) is 0 Å². The molecule has 0 saturated heterocycles. The van der Waals surface area contributed by atoms with Gasteiger partial charge in [0, 0.05) is 20.1 Å². The zero-order chi connectivity index (χ0) is 17.2. The third-order valence-corrected chi connectivity index (χ3v) is 4.45. The number of ether oxygens (including phenoxy) is 2. The number of aromatic nitrogens is 1. The molecule has 2 aromatic rings. The largest absolute Gasteiger partial charge is 0.456 e. The van der Waals surface area contributed by atoms with Crippen molar-refractivity contribution in [2.75, 3.05) is 26.9 Å². The highest BCUT2D eigenvalue weighted by molar-refractivity contribution is 7.18. The van der Waals surface area contributed by atoms with Crippen LogP contribution in [0.4, 0.5) is 0 Å². The number of hydrogen-bond donors (Lipinski definition) is 1. The molecule has 0 aliphatic heterocycles. The maximum Gasteiger partial charge on any atom is 0.306 e. The van der Waals surface area contributed by atoms with Crippen LogP contribution in [-0.4, -0.2) is 43.7 Å². The summed E-state index contributed by atoms with van der Waals surface area (Å²) in [5.74, 6) is -0.656. The molecule has 1 N–H and O–H groups in total. The Labute approximate surface area is 145 Å². The van der Waals surface area contributed by atoms with E-state index in [4.69, 9.17) is 9.47 Å². The van der Waals surface area contributed by atoms with Crippen molar-refractivity contribution in [3.05, 3.63) is 29.3 Å². The monoisotopic (exact) mass is 350 g/mol. The number of carbonyl (C=O) groups excluding carboxylic acids is 2. The van der Waals surface area contributed by atoms with Gasteiger partial charge in [0.05, 0.1) is 21.8 Å². The van der Waals surface area contributed by atoms with Crippen LogP contribution in [0, 0.1) is 0 Å². The molecule has 2 rings (SSSR count). The molecule has 0 saturated carbocycles. The first-order valence-corrected chi connectivity index (χ1v) is 8.76. The van der Waals surface area contributed by atoms with Crippen molar-refractivity contribution in [1.82, 2.24) is 10.3 Å². The quantitative estimate of drug-likeness (QED) is 0.525. The van der Waals surface area contributed by atoms with Crippen LogP contribution in [0.3, 0.4) is 0 Å². The Kier molecular flexibility index (Phi) is 7.64. The highest BCUT2D eigenvalue weighted by atomic mass is 32.1. The van der Waals surface area contributed by atoms with Gasteiger partial charge in [-0.05, 0) is 31.4 Å². The fourth-order valence-electron chi connectivity index (χ4n) is 2.13. The van der Waals surface area contributed by atoms with Gasteiger partial charge >= 0.3 is 5.97 Å². The number of nitrogens with one attached hydrogen (secondary N) is 1. The van der Waals surface area contributed by atoms with Gasteiger partial charge in [-0.25, -0.2) is 4.98 Å². The molecule has 6 nitrogen and oxygen atoms in total. The number of esters is 1. The van der Waals surface area contributed by atoms with Crippen molar-refractivity contribution in [1.29, 1.82) is 0 Å². The van der Waals surface area contributed by atoms with Crippen LogP contribution in [0.1, 0.15) is 24.3 Å². The van der Waals surface area contributed by atoms with Crippen LogP contribution in [-0.2, 0) is 25.5 Å². The number of unbranched alkanes of at least 4 members (excludes halogenated alkanes) is 1. The Morgan fingerprint density at radius 1 is 1.25 bits per heavy atom. The van der Waals surface area contributed by atoms with Crippen molar-refractivity contribution in [3.63, 3.8) is 0 Å². The Morgan fingerprint density at radius 3 is 2.88 bits per heavy atom. The van der Waals surface area contributed by atoms with E-state index >= 15 is 0 Å². The molecule has 0 atom stereocenters. The highest BCUT2D eigenvalue weighted by Gasteiger charge is 2.08. The van der Waals surface area contributed by atoms with Crippen molar-refractivity contribution < 1.29 is 19.1 Å². The first-order chi connectivity index (χ1) is 11.7. The Balaban J connectivity index is 1.58. The van der Waals surface area contributed by atoms with Gasteiger partial charge < -0.3 is 14.8 Å². The predicted octanol–water partition coefficient (Wildman–Crippen LogP) is 2.31. The van der Waals surface area contributed by atoms with Gasteiger partial charge in [-0.1, -0.05) is 12.1 Å². The Hall–Kier alpha value is -1.99. The van der Waals surface area contributed by atoms with Crippen LogP contribution in [0.15, 0.2) is 24.3 Å². The van der Waals surface area contributed by atoms with E-state index in [2.05, 4.69) is 16.4 Å². The number of hydrogen-bond acceptors (Lipinski definition) is 6. The lowest BCUT2D eigenvalue weighted by atomic mass is 10.2. The fraction of sp³-hybridized carbons (Fsp3) is 0.471. The number of rotatable bonds is 10. The normalized spacial score (nSPS) is 10.7. The lowest BCUT2D eigenvalue weighted by molar-refractivity contribution is -0.148. The van der Waals surface area contributed by atoms with E-state index < -0.39 is 0 Å². The fourth-order valence-corrected chi connectivity index (χ4v) is 3.14. The van der Waals surface area contributed by atoms with E-state index in [-0.39, 0.29) is 18.5 Å². The maximum atomic E-state index is 11.6. The van der Waals surface area contributed by atoms with E-state index in [1.54, 1.807) is 18.4 Å². The molecule has 130 valence electrons. The van der Waals surface area contributed by atoms with Crippen molar-refractivity contribution >= 4 is 33.4 Å². The molecule has 0 aliphatic rings. The molecular formula is C17H22N2O4S. The van der Waals surface area contributed by atoms with Crippen molar-refractivity contribution in [2.45, 2.75) is 25.7 Å². The molecule has 0 bridgehead atoms. The molecule has 0 spiro atoms. The van der Waals surface area contributed by atoms with Gasteiger partial charge in [-0.3, -0.25) is 9.59 Å². The molecule has 1 aromatic carbocycles. The maximum absolute atomic E-state index is 11.6. The summed E-state index contributed by atoms with van der Waals surface area (Å²) in [5, 5.41) is 3.68. The van der Waals surface area contributed by atoms with E-state index in [0.717, 1.165) is 29.8 Å². The van der Waals surface area contributed by atoms with E-state index in [0.29, 0.717) is 19.6 Å². The first kappa shape index (κ1) is 18.4. The average molecular weight is 350 g/mol. The van der Waals surface area contributed by atoms with Gasteiger partial charge in [0.15, 0.2) is 6.61 Å². The summed E-state index contributed by atoms with van der Waals surface area (Å²) >= 11 is 1.69. The number of fused-ring (bicyclic) bond motifs is 1. The average Bonchev–Trinajstić information content (AvgIpc) is 3.00. The van der Waals surface area contributed by atoms with Crippen molar-refractivity contribution in [2.24, 2.45) is 0 Å². The van der Waals surface area contributed by atoms with E-state index in [9.17, 15) is 9.59 Å². The Morgan fingerprint density at radius 2 is 2.08 bits per heavy atom. The summed E-state index contributed by atoms with van der Waals surface area (Å²) < 4.78 is 10.9. The summed E-state index contributed by atoms with van der Waals surface area (Å²) in [4.78, 5) is 27.5. The summed E-state index contributed by atoms with van der Waals surface area (Å²) in [6.45, 7) is 0.612. The van der Waals surface area contributed by atoms with E-state index in [1.807, 2.05) is 18.2 Å². The standard InChI is InChI=1S/C17H22N2O4S/c1-22-11-10-18-15(20)12-23-17(21)9-5-4-8-16-19-13-6-2-3-7-14(13)24-16/h2-3,6-7H,4-5,8-12H2,1H3,(H,18,20). The zero-order valence-electron chi connectivity index (χ0n) is 13.7. The number of carbonyl (C=O) groups is 2. The van der Waals surface area contributed by atoms with Gasteiger partial charge in [-0.15, -0.1) is 11.3 Å². The molecule has 0 fully saturated rings. The number of nitrogens with zero attached hydrogens (tertiary/aromatic N) is 1. The van der Waals surface area contributed by atoms with Crippen LogP contribution in [0.25, 0.3) is 10.2 Å². The molecule has 7 heteroatoms. The summed E-state index contributed by atoms with van der Waals surface area (Å²) in [6.07, 6.45) is 2.76. The second-order valence-corrected chi connectivity index (χ2v) is 6.40. The Bertz CT molecular complexity index is 638. The second kappa shape index (κ2) is 10.00. The molecule has 1 heterocycles. The molecular weight excluding hydrogens is 328 g/mol. The summed E-state index contributed by atoms with van der Waals surface area (Å²) in [5.41, 5.74) is 1.02. The van der Waals surface area contributed by atoms with Crippen LogP contribution in [0.5, 0.6) is 0 Å². The summed E-state index contributed by atoms with van der Waals surface area (Å²) in [7, 11) is 1.56. The number of amides is 1. The number of thiazole rings is 1. The van der Waals surface area contributed by atoms with E-state index in [1.165, 1.54) is 4.70 Å². The number of aryl methyl sites for hydroxylation is 1. The highest BCUT2D eigenvalue weighted by Crippen LogP contribution is 2.22. The zero-order valence-corrected chi connectivity index (χ0v) is 14.6. The lowest BCUT2D eigenvalue weighted by Gasteiger charge is -2.06. The van der Waals surface area contributed by atoms with Crippen LogP contribution < -0.4 is 5.32 Å². The van der Waals surface area contributed by atoms with Gasteiger partial charge in [0.2, 0.25) is 0 Å². The second-order valence-electron chi connectivity index (χ2n) is 5.29. The van der Waals surface area contributed by atoms with Crippen LogP contribution in [0.2, 0.25) is 0 Å². The minimum absolute atomic E-state index is 0.236. The topological polar surface area (TPSA) is 77.5 Å². The smallest absolute Gasteiger partial charge is 0.306 e. The lowest BCUT2D eigenvalue weighted by Crippen LogP contribution is -2.31. The third-order valence-electron chi connectivity index (χ3n) is 3.35. The van der Waals surface area contributed by atoms with Crippen molar-refractivity contribution in [3.8, 4) is 0 Å². The molecule has 0 aliphatic carbocycles. The molecule has 0 unspecified atom stereocenters. The van der Waals surface area contributed by atoms with Gasteiger partial charge in [0.1, 0.15) is 0 Å². The number of benzene rings is 1. The predicted molar refractivity (Wildman–Crippen MR) is 93.0 cm³/mol.